The van der Waals surface area contributed by atoms with Crippen molar-refractivity contribution in [3.8, 4) is 0 Å². The van der Waals surface area contributed by atoms with Crippen LogP contribution in [0.3, 0.4) is 0 Å². The Balaban J connectivity index is 2.68. The van der Waals surface area contributed by atoms with Crippen molar-refractivity contribution in [1.29, 1.82) is 0 Å². The molecule has 1 saturated carbocycles. The van der Waals surface area contributed by atoms with Crippen LogP contribution in [0.25, 0.3) is 0 Å². The molecule has 18 heavy (non-hydrogen) atoms. The number of carbonyl (C=O) groups is 2. The van der Waals surface area contributed by atoms with Crippen LogP contribution in [0.5, 0.6) is 0 Å². The van der Waals surface area contributed by atoms with Gasteiger partial charge in [0.1, 0.15) is 0 Å². The number of carboxylic acid groups (broad SMARTS) is 1. The lowest BCUT2D eigenvalue weighted by Gasteiger charge is -2.31. The number of amides is 1. The summed E-state index contributed by atoms with van der Waals surface area (Å²) in [7, 11) is 0. The van der Waals surface area contributed by atoms with E-state index in [2.05, 4.69) is 19.2 Å². The lowest BCUT2D eigenvalue weighted by Crippen LogP contribution is -2.50. The molecule has 2 unspecified atom stereocenters. The Morgan fingerprint density at radius 3 is 2.22 bits per heavy atom. The molecular weight excluding hydrogens is 230 g/mol. The first-order chi connectivity index (χ1) is 8.32. The van der Waals surface area contributed by atoms with Gasteiger partial charge in [0.05, 0.1) is 6.42 Å². The molecule has 2 N–H and O–H groups in total. The van der Waals surface area contributed by atoms with E-state index in [4.69, 9.17) is 5.11 Å². The number of hydrogen-bond acceptors (Lipinski definition) is 2. The smallest absolute Gasteiger partial charge is 0.305 e. The van der Waals surface area contributed by atoms with E-state index >= 15 is 0 Å². The van der Waals surface area contributed by atoms with E-state index in [1.807, 2.05) is 13.8 Å². The Morgan fingerprint density at radius 2 is 1.89 bits per heavy atom. The summed E-state index contributed by atoms with van der Waals surface area (Å²) >= 11 is 0. The third kappa shape index (κ3) is 3.03. The van der Waals surface area contributed by atoms with Crippen molar-refractivity contribution in [1.82, 2.24) is 5.32 Å². The standard InChI is InChI=1S/C14H25NO3/c1-5-13(4)8-10(13)12(18)15-14(6-2,7-3)9-11(16)17/h10H,5-9H2,1-4H3,(H,15,18)(H,16,17). The largest absolute Gasteiger partial charge is 0.481 e. The van der Waals surface area contributed by atoms with Crippen LogP contribution in [0.2, 0.25) is 0 Å². The SMILES string of the molecule is CCC(CC)(CC(=O)O)NC(=O)C1CC1(C)CC. The molecule has 4 nitrogen and oxygen atoms in total. The Labute approximate surface area is 109 Å². The molecule has 1 aliphatic rings. The molecule has 0 aliphatic heterocycles. The lowest BCUT2D eigenvalue weighted by molar-refractivity contribution is -0.139. The van der Waals surface area contributed by atoms with Gasteiger partial charge in [-0.25, -0.2) is 0 Å². The number of nitrogens with one attached hydrogen (secondary N) is 1. The maximum absolute atomic E-state index is 12.2. The summed E-state index contributed by atoms with van der Waals surface area (Å²) in [4.78, 5) is 23.1. The Morgan fingerprint density at radius 1 is 1.33 bits per heavy atom. The van der Waals surface area contributed by atoms with E-state index in [-0.39, 0.29) is 23.7 Å². The van der Waals surface area contributed by atoms with Gasteiger partial charge in [-0.2, -0.15) is 0 Å². The lowest BCUT2D eigenvalue weighted by atomic mass is 9.88. The number of rotatable bonds is 7. The fraction of sp³-hybridized carbons (Fsp3) is 0.857. The first-order valence-electron chi connectivity index (χ1n) is 6.86. The molecule has 1 fully saturated rings. The van der Waals surface area contributed by atoms with Crippen LogP contribution < -0.4 is 5.32 Å². The molecule has 1 aliphatic carbocycles. The predicted molar refractivity (Wildman–Crippen MR) is 70.2 cm³/mol. The van der Waals surface area contributed by atoms with E-state index in [9.17, 15) is 9.59 Å². The van der Waals surface area contributed by atoms with Crippen molar-refractivity contribution in [2.75, 3.05) is 0 Å². The molecule has 4 heteroatoms. The van der Waals surface area contributed by atoms with Crippen molar-refractivity contribution < 1.29 is 14.7 Å². The highest BCUT2D eigenvalue weighted by Gasteiger charge is 2.53. The van der Waals surface area contributed by atoms with Gasteiger partial charge in [-0.3, -0.25) is 9.59 Å². The molecule has 0 bridgehead atoms. The van der Waals surface area contributed by atoms with E-state index in [0.717, 1.165) is 12.8 Å². The van der Waals surface area contributed by atoms with Crippen LogP contribution in [-0.2, 0) is 9.59 Å². The molecule has 2 atom stereocenters. The molecule has 0 aromatic rings. The van der Waals surface area contributed by atoms with E-state index in [0.29, 0.717) is 12.8 Å². The Kier molecular flexibility index (Phi) is 4.41. The highest BCUT2D eigenvalue weighted by atomic mass is 16.4. The van der Waals surface area contributed by atoms with Gasteiger partial charge in [0.25, 0.3) is 0 Å². The van der Waals surface area contributed by atoms with Crippen molar-refractivity contribution in [3.05, 3.63) is 0 Å². The van der Waals surface area contributed by atoms with E-state index in [1.54, 1.807) is 0 Å². The first-order valence-corrected chi connectivity index (χ1v) is 6.86. The monoisotopic (exact) mass is 255 g/mol. The van der Waals surface area contributed by atoms with Gasteiger partial charge in [0.2, 0.25) is 5.91 Å². The molecule has 104 valence electrons. The van der Waals surface area contributed by atoms with Crippen LogP contribution in [0.15, 0.2) is 0 Å². The van der Waals surface area contributed by atoms with E-state index in [1.165, 1.54) is 0 Å². The van der Waals surface area contributed by atoms with Gasteiger partial charge in [-0.1, -0.05) is 27.7 Å². The Bertz CT molecular complexity index is 336. The number of aliphatic carboxylic acids is 1. The molecule has 0 saturated heterocycles. The second-order valence-electron chi connectivity index (χ2n) is 5.81. The van der Waals surface area contributed by atoms with Gasteiger partial charge in [-0.15, -0.1) is 0 Å². The Hall–Kier alpha value is -1.06. The molecule has 0 radical (unpaired) electrons. The van der Waals surface area contributed by atoms with Crippen molar-refractivity contribution in [2.24, 2.45) is 11.3 Å². The summed E-state index contributed by atoms with van der Waals surface area (Å²) in [5, 5.41) is 12.0. The van der Waals surface area contributed by atoms with Crippen LogP contribution in [-0.4, -0.2) is 22.5 Å². The molecule has 1 rings (SSSR count). The number of carbonyl (C=O) groups excluding carboxylic acids is 1. The van der Waals surface area contributed by atoms with Gasteiger partial charge in [0, 0.05) is 11.5 Å². The maximum Gasteiger partial charge on any atom is 0.305 e. The summed E-state index contributed by atoms with van der Waals surface area (Å²) in [5.41, 5.74) is -0.458. The summed E-state index contributed by atoms with van der Waals surface area (Å²) < 4.78 is 0. The second-order valence-corrected chi connectivity index (χ2v) is 5.81. The van der Waals surface area contributed by atoms with Crippen molar-refractivity contribution in [2.45, 2.75) is 65.3 Å². The first kappa shape index (κ1) is 15.0. The highest BCUT2D eigenvalue weighted by Crippen LogP contribution is 2.54. The summed E-state index contributed by atoms with van der Waals surface area (Å²) in [6.07, 6.45) is 3.22. The quantitative estimate of drug-likeness (QED) is 0.734. The zero-order chi connectivity index (χ0) is 14.0. The van der Waals surface area contributed by atoms with Crippen LogP contribution >= 0.6 is 0 Å². The van der Waals surface area contributed by atoms with Crippen LogP contribution in [0.1, 0.15) is 59.8 Å². The van der Waals surface area contributed by atoms with E-state index < -0.39 is 11.5 Å². The number of carboxylic acids is 1. The zero-order valence-electron chi connectivity index (χ0n) is 11.9. The van der Waals surface area contributed by atoms with Crippen LogP contribution in [0.4, 0.5) is 0 Å². The van der Waals surface area contributed by atoms with Gasteiger partial charge in [0.15, 0.2) is 0 Å². The normalized spacial score (nSPS) is 26.8. The summed E-state index contributed by atoms with van der Waals surface area (Å²) in [5.74, 6) is -0.758. The fourth-order valence-corrected chi connectivity index (χ4v) is 2.57. The second kappa shape index (κ2) is 5.29. The third-order valence-corrected chi connectivity index (χ3v) is 4.71. The molecular formula is C14H25NO3. The van der Waals surface area contributed by atoms with Crippen molar-refractivity contribution in [3.63, 3.8) is 0 Å². The van der Waals surface area contributed by atoms with Crippen LogP contribution in [0, 0.1) is 11.3 Å². The minimum Gasteiger partial charge on any atom is -0.481 e. The minimum absolute atomic E-state index is 0.00129. The molecule has 0 spiro atoms. The third-order valence-electron chi connectivity index (χ3n) is 4.71. The van der Waals surface area contributed by atoms with Gasteiger partial charge >= 0.3 is 5.97 Å². The summed E-state index contributed by atoms with van der Waals surface area (Å²) in [6.45, 7) is 8.07. The zero-order valence-corrected chi connectivity index (χ0v) is 11.9. The molecule has 1 amide bonds. The highest BCUT2D eigenvalue weighted by molar-refractivity contribution is 5.84. The topological polar surface area (TPSA) is 66.4 Å². The average molecular weight is 255 g/mol. The van der Waals surface area contributed by atoms with Crippen molar-refractivity contribution >= 4 is 11.9 Å². The predicted octanol–water partition coefficient (Wildman–Crippen LogP) is 2.57. The average Bonchev–Trinajstić information content (AvgIpc) is 3.01. The molecule has 0 aromatic carbocycles. The number of hydrogen-bond donors (Lipinski definition) is 2. The minimum atomic E-state index is -0.854. The molecule has 0 heterocycles. The van der Waals surface area contributed by atoms with Gasteiger partial charge < -0.3 is 10.4 Å². The summed E-state index contributed by atoms with van der Waals surface area (Å²) in [6, 6.07) is 0. The fourth-order valence-electron chi connectivity index (χ4n) is 2.57. The maximum atomic E-state index is 12.2. The molecule has 0 aromatic heterocycles. The van der Waals surface area contributed by atoms with Gasteiger partial charge in [-0.05, 0) is 31.1 Å².